The van der Waals surface area contributed by atoms with Crippen molar-refractivity contribution < 1.29 is 9.59 Å². The highest BCUT2D eigenvalue weighted by molar-refractivity contribution is 6.13. The topological polar surface area (TPSA) is 34.1 Å². The summed E-state index contributed by atoms with van der Waals surface area (Å²) in [5, 5.41) is 0. The molecule has 44 heavy (non-hydrogen) atoms. The van der Waals surface area contributed by atoms with Crippen molar-refractivity contribution >= 4 is 11.6 Å². The maximum Gasteiger partial charge on any atom is 0.193 e. The highest BCUT2D eigenvalue weighted by atomic mass is 16.1. The largest absolute Gasteiger partial charge is 0.289 e. The lowest BCUT2D eigenvalue weighted by atomic mass is 9.58. The lowest BCUT2D eigenvalue weighted by Gasteiger charge is -2.44. The van der Waals surface area contributed by atoms with Gasteiger partial charge in [-0.15, -0.1) is 0 Å². The van der Waals surface area contributed by atoms with Crippen molar-refractivity contribution in [3.63, 3.8) is 0 Å². The molecule has 0 fully saturated rings. The number of hydrogen-bond acceptors (Lipinski definition) is 2. The fourth-order valence-corrected chi connectivity index (χ4v) is 8.45. The summed E-state index contributed by atoms with van der Waals surface area (Å²) in [6.45, 7) is 0. The van der Waals surface area contributed by atoms with Crippen molar-refractivity contribution in [3.8, 4) is 0 Å². The highest BCUT2D eigenvalue weighted by Crippen LogP contribution is 2.58. The van der Waals surface area contributed by atoms with Gasteiger partial charge in [-0.1, -0.05) is 146 Å². The van der Waals surface area contributed by atoms with Crippen LogP contribution in [0.25, 0.3) is 0 Å². The lowest BCUT2D eigenvalue weighted by Crippen LogP contribution is -2.31. The first kappa shape index (κ1) is 25.2. The second-order valence-corrected chi connectivity index (χ2v) is 12.2. The molecular formula is C42H28O2. The molecule has 0 radical (unpaired) electrons. The Morgan fingerprint density at radius 2 is 0.432 bits per heavy atom. The van der Waals surface area contributed by atoms with Crippen LogP contribution in [0.2, 0.25) is 0 Å². The summed E-state index contributed by atoms with van der Waals surface area (Å²) >= 11 is 0. The van der Waals surface area contributed by atoms with Crippen molar-refractivity contribution in [1.29, 1.82) is 0 Å². The molecule has 0 heterocycles. The standard InChI is InChI=1S/C42H28O2/c43-41-33-21-9-5-17-29(33)39(30-18-6-10-22-34(30)41)37-25-13-1-2-14-26(25)38(28-16-4-3-15-27(28)37)40-31-19-7-11-23-35(31)42(44)36-24-12-8-20-32(36)40/h1-24,37-40H. The van der Waals surface area contributed by atoms with Crippen LogP contribution in [0.5, 0.6) is 0 Å². The van der Waals surface area contributed by atoms with Crippen LogP contribution in [-0.4, -0.2) is 11.6 Å². The fourth-order valence-electron chi connectivity index (χ4n) is 8.45. The van der Waals surface area contributed by atoms with Crippen LogP contribution in [-0.2, 0) is 0 Å². The van der Waals surface area contributed by atoms with E-state index in [9.17, 15) is 9.59 Å². The summed E-state index contributed by atoms with van der Waals surface area (Å²) in [4.78, 5) is 27.4. The molecule has 0 unspecified atom stereocenters. The van der Waals surface area contributed by atoms with Crippen LogP contribution in [0.1, 0.15) is 100 Å². The van der Waals surface area contributed by atoms with Crippen molar-refractivity contribution in [1.82, 2.24) is 0 Å². The maximum absolute atomic E-state index is 13.7. The highest BCUT2D eigenvalue weighted by Gasteiger charge is 2.45. The minimum Gasteiger partial charge on any atom is -0.289 e. The third-order valence-corrected chi connectivity index (χ3v) is 10.2. The van der Waals surface area contributed by atoms with Crippen LogP contribution in [0.4, 0.5) is 0 Å². The second-order valence-electron chi connectivity index (χ2n) is 12.2. The number of carbonyl (C=O) groups excluding carboxylic acids is 2. The normalized spacial score (nSPS) is 18.4. The van der Waals surface area contributed by atoms with Crippen molar-refractivity contribution in [2.45, 2.75) is 23.7 Å². The molecular weight excluding hydrogens is 536 g/mol. The predicted molar refractivity (Wildman–Crippen MR) is 173 cm³/mol. The van der Waals surface area contributed by atoms with Gasteiger partial charge in [-0.3, -0.25) is 9.59 Å². The van der Waals surface area contributed by atoms with E-state index in [2.05, 4.69) is 97.1 Å². The molecule has 2 nitrogen and oxygen atoms in total. The van der Waals surface area contributed by atoms with Gasteiger partial charge in [0, 0.05) is 45.9 Å². The molecule has 0 aromatic heterocycles. The van der Waals surface area contributed by atoms with E-state index in [1.54, 1.807) is 0 Å². The Labute approximate surface area is 256 Å². The van der Waals surface area contributed by atoms with Gasteiger partial charge in [-0.2, -0.15) is 0 Å². The SMILES string of the molecule is O=C1c2ccccc2C(C2c3ccccc3C(C3c4ccccc4C(=O)c4ccccc43)c3ccccc32)c2ccccc21. The molecule has 208 valence electrons. The third-order valence-electron chi connectivity index (χ3n) is 10.2. The Kier molecular flexibility index (Phi) is 5.49. The molecule has 0 atom stereocenters. The molecule has 0 saturated heterocycles. The summed E-state index contributed by atoms with van der Waals surface area (Å²) in [6, 6.07) is 50.4. The van der Waals surface area contributed by atoms with Gasteiger partial charge in [0.1, 0.15) is 0 Å². The molecule has 9 rings (SSSR count). The van der Waals surface area contributed by atoms with Gasteiger partial charge in [0.2, 0.25) is 0 Å². The Morgan fingerprint density at radius 3 is 0.682 bits per heavy atom. The second kappa shape index (κ2) is 9.59. The number of ketones is 2. The average molecular weight is 565 g/mol. The fraction of sp³-hybridized carbons (Fsp3) is 0.0952. The molecule has 0 amide bonds. The summed E-state index contributed by atoms with van der Waals surface area (Å²) in [5.74, 6) is 0.201. The zero-order valence-corrected chi connectivity index (χ0v) is 24.0. The van der Waals surface area contributed by atoms with Crippen LogP contribution in [0.15, 0.2) is 146 Å². The summed E-state index contributed by atoms with van der Waals surface area (Å²) in [5.41, 5.74) is 12.7. The third kappa shape index (κ3) is 3.43. The smallest absolute Gasteiger partial charge is 0.193 e. The Morgan fingerprint density at radius 1 is 0.250 bits per heavy atom. The van der Waals surface area contributed by atoms with Crippen molar-refractivity contribution in [3.05, 3.63) is 212 Å². The molecule has 0 aliphatic heterocycles. The minimum absolute atomic E-state index is 0.0177. The number of hydrogen-bond donors (Lipinski definition) is 0. The van der Waals surface area contributed by atoms with Gasteiger partial charge in [0.15, 0.2) is 11.6 Å². The van der Waals surface area contributed by atoms with Gasteiger partial charge < -0.3 is 0 Å². The Hall–Kier alpha value is -5.34. The summed E-state index contributed by atoms with van der Waals surface area (Å²) in [6.07, 6.45) is 0. The zero-order valence-electron chi connectivity index (χ0n) is 24.0. The summed E-state index contributed by atoms with van der Waals surface area (Å²) in [7, 11) is 0. The van der Waals surface area contributed by atoms with E-state index in [0.29, 0.717) is 0 Å². The Bertz CT molecular complexity index is 1850. The van der Waals surface area contributed by atoms with E-state index in [-0.39, 0.29) is 35.2 Å². The van der Waals surface area contributed by atoms with Gasteiger partial charge in [0.25, 0.3) is 0 Å². The molecule has 0 N–H and O–H groups in total. The number of carbonyl (C=O) groups is 2. The van der Waals surface area contributed by atoms with E-state index < -0.39 is 0 Å². The van der Waals surface area contributed by atoms with Crippen molar-refractivity contribution in [2.24, 2.45) is 0 Å². The van der Waals surface area contributed by atoms with E-state index >= 15 is 0 Å². The number of fused-ring (bicyclic) bond motifs is 6. The van der Waals surface area contributed by atoms with Gasteiger partial charge >= 0.3 is 0 Å². The van der Waals surface area contributed by atoms with E-state index in [1.165, 1.54) is 22.3 Å². The zero-order chi connectivity index (χ0) is 29.4. The molecule has 2 heteroatoms. The molecule has 3 aliphatic rings. The first-order valence-electron chi connectivity index (χ1n) is 15.3. The van der Waals surface area contributed by atoms with Gasteiger partial charge in [-0.05, 0) is 44.5 Å². The first-order valence-corrected chi connectivity index (χ1v) is 15.3. The predicted octanol–water partition coefficient (Wildman–Crippen LogP) is 9.02. The van der Waals surface area contributed by atoms with Gasteiger partial charge in [-0.25, -0.2) is 0 Å². The average Bonchev–Trinajstić information content (AvgIpc) is 3.09. The molecule has 0 bridgehead atoms. The minimum atomic E-state index is -0.0177. The lowest BCUT2D eigenvalue weighted by molar-refractivity contribution is 0.102. The van der Waals surface area contributed by atoms with E-state index in [1.807, 2.05) is 48.5 Å². The molecule has 6 aromatic rings. The van der Waals surface area contributed by atoms with Gasteiger partial charge in [0.05, 0.1) is 0 Å². The summed E-state index contributed by atoms with van der Waals surface area (Å²) < 4.78 is 0. The van der Waals surface area contributed by atoms with E-state index in [0.717, 1.165) is 44.5 Å². The first-order chi connectivity index (χ1) is 21.7. The van der Waals surface area contributed by atoms with Crippen LogP contribution in [0.3, 0.4) is 0 Å². The van der Waals surface area contributed by atoms with Crippen LogP contribution in [0, 0.1) is 0 Å². The van der Waals surface area contributed by atoms with Crippen molar-refractivity contribution in [2.75, 3.05) is 0 Å². The maximum atomic E-state index is 13.7. The number of benzene rings is 6. The molecule has 6 aromatic carbocycles. The Balaban J connectivity index is 1.33. The van der Waals surface area contributed by atoms with E-state index in [4.69, 9.17) is 0 Å². The molecule has 3 aliphatic carbocycles. The number of rotatable bonds is 2. The molecule has 0 spiro atoms. The monoisotopic (exact) mass is 564 g/mol. The van der Waals surface area contributed by atoms with Crippen LogP contribution >= 0.6 is 0 Å². The van der Waals surface area contributed by atoms with Crippen LogP contribution < -0.4 is 0 Å². The molecule has 0 saturated carbocycles. The quantitative estimate of drug-likeness (QED) is 0.210.